The van der Waals surface area contributed by atoms with Crippen LogP contribution in [0.5, 0.6) is 0 Å². The molecule has 1 fully saturated rings. The normalized spacial score (nSPS) is 27.7. The van der Waals surface area contributed by atoms with Crippen LogP contribution in [0, 0.1) is 17.3 Å². The van der Waals surface area contributed by atoms with E-state index >= 15 is 0 Å². The summed E-state index contributed by atoms with van der Waals surface area (Å²) in [6.45, 7) is 4.36. The molecule has 0 radical (unpaired) electrons. The molecule has 3 rings (SSSR count). The molecule has 0 spiro atoms. The Morgan fingerprint density at radius 2 is 1.83 bits per heavy atom. The molecule has 1 unspecified atom stereocenters. The number of sulfone groups is 1. The summed E-state index contributed by atoms with van der Waals surface area (Å²) in [5.74, 6) is 0.742. The minimum absolute atomic E-state index is 0.0720. The highest BCUT2D eigenvalue weighted by Gasteiger charge is 2.60. The van der Waals surface area contributed by atoms with Gasteiger partial charge in [0.05, 0.1) is 4.90 Å². The smallest absolute Gasteiger partial charge is 0.251 e. The van der Waals surface area contributed by atoms with E-state index in [4.69, 9.17) is 0 Å². The highest BCUT2D eigenvalue weighted by Crippen LogP contribution is 2.57. The number of benzene rings is 1. The van der Waals surface area contributed by atoms with E-state index in [-0.39, 0.29) is 22.3 Å². The average molecular weight is 345 g/mol. The summed E-state index contributed by atoms with van der Waals surface area (Å²) in [6.07, 6.45) is 10.7. The van der Waals surface area contributed by atoms with Crippen molar-refractivity contribution in [2.75, 3.05) is 6.26 Å². The molecular weight excluding hydrogens is 322 g/mol. The summed E-state index contributed by atoms with van der Waals surface area (Å²) in [6, 6.07) is 6.24. The van der Waals surface area contributed by atoms with E-state index in [0.717, 1.165) is 12.7 Å². The molecule has 128 valence electrons. The Morgan fingerprint density at radius 1 is 1.17 bits per heavy atom. The molecule has 0 bridgehead atoms. The van der Waals surface area contributed by atoms with Gasteiger partial charge in [0, 0.05) is 17.9 Å². The van der Waals surface area contributed by atoms with Crippen LogP contribution in [-0.2, 0) is 9.84 Å². The molecular formula is C19H23NO3S. The van der Waals surface area contributed by atoms with E-state index in [1.165, 1.54) is 12.1 Å². The fourth-order valence-electron chi connectivity index (χ4n) is 3.70. The van der Waals surface area contributed by atoms with Gasteiger partial charge in [0.1, 0.15) is 0 Å². The molecule has 0 heterocycles. The number of nitrogens with one attached hydrogen (secondary N) is 1. The van der Waals surface area contributed by atoms with Gasteiger partial charge in [-0.3, -0.25) is 4.79 Å². The van der Waals surface area contributed by atoms with Crippen LogP contribution in [0.4, 0.5) is 0 Å². The molecule has 0 aromatic heterocycles. The second kappa shape index (κ2) is 5.88. The van der Waals surface area contributed by atoms with Gasteiger partial charge >= 0.3 is 0 Å². The molecule has 4 nitrogen and oxygen atoms in total. The molecule has 0 aliphatic heterocycles. The maximum atomic E-state index is 12.5. The van der Waals surface area contributed by atoms with E-state index in [9.17, 15) is 13.2 Å². The first-order valence-corrected chi connectivity index (χ1v) is 10.0. The number of hydrogen-bond acceptors (Lipinski definition) is 3. The van der Waals surface area contributed by atoms with Crippen molar-refractivity contribution in [3.8, 4) is 0 Å². The molecule has 1 aromatic rings. The summed E-state index contributed by atoms with van der Waals surface area (Å²) >= 11 is 0. The third-order valence-corrected chi connectivity index (χ3v) is 6.35. The third kappa shape index (κ3) is 3.18. The van der Waals surface area contributed by atoms with Gasteiger partial charge in [-0.05, 0) is 47.9 Å². The van der Waals surface area contributed by atoms with Gasteiger partial charge in [-0.1, -0.05) is 38.2 Å². The molecule has 1 saturated carbocycles. The molecule has 2 aliphatic carbocycles. The van der Waals surface area contributed by atoms with Crippen LogP contribution in [0.25, 0.3) is 0 Å². The van der Waals surface area contributed by atoms with Crippen LogP contribution in [0.1, 0.15) is 30.6 Å². The van der Waals surface area contributed by atoms with E-state index in [2.05, 4.69) is 43.5 Å². The lowest BCUT2D eigenvalue weighted by Crippen LogP contribution is -2.29. The first-order chi connectivity index (χ1) is 11.2. The Kier molecular flexibility index (Phi) is 4.16. The summed E-state index contributed by atoms with van der Waals surface area (Å²) in [4.78, 5) is 12.7. The number of carbonyl (C=O) groups is 1. The van der Waals surface area contributed by atoms with Crippen molar-refractivity contribution in [2.24, 2.45) is 17.3 Å². The minimum Gasteiger partial charge on any atom is -0.348 e. The zero-order valence-corrected chi connectivity index (χ0v) is 15.0. The Labute approximate surface area is 143 Å². The van der Waals surface area contributed by atoms with E-state index in [1.807, 2.05) is 0 Å². The molecule has 1 amide bonds. The third-order valence-electron chi connectivity index (χ3n) is 5.22. The second-order valence-electron chi connectivity index (χ2n) is 7.31. The highest BCUT2D eigenvalue weighted by atomic mass is 32.2. The van der Waals surface area contributed by atoms with Crippen molar-refractivity contribution >= 4 is 15.7 Å². The van der Waals surface area contributed by atoms with E-state index in [1.54, 1.807) is 12.1 Å². The van der Waals surface area contributed by atoms with Crippen molar-refractivity contribution < 1.29 is 13.2 Å². The van der Waals surface area contributed by atoms with Crippen molar-refractivity contribution in [1.29, 1.82) is 0 Å². The predicted molar refractivity (Wildman–Crippen MR) is 94.5 cm³/mol. The zero-order chi connectivity index (χ0) is 17.5. The summed E-state index contributed by atoms with van der Waals surface area (Å²) < 4.78 is 23.0. The van der Waals surface area contributed by atoms with Crippen molar-refractivity contribution in [2.45, 2.75) is 31.2 Å². The molecule has 5 heteroatoms. The van der Waals surface area contributed by atoms with Crippen molar-refractivity contribution in [1.82, 2.24) is 5.32 Å². The fraction of sp³-hybridized carbons (Fsp3) is 0.421. The predicted octanol–water partition coefficient (Wildman–Crippen LogP) is 2.98. The van der Waals surface area contributed by atoms with Gasteiger partial charge in [-0.2, -0.15) is 0 Å². The topological polar surface area (TPSA) is 63.2 Å². The lowest BCUT2D eigenvalue weighted by molar-refractivity contribution is 0.0944. The Hall–Kier alpha value is -1.88. The van der Waals surface area contributed by atoms with Crippen LogP contribution in [0.15, 0.2) is 53.5 Å². The van der Waals surface area contributed by atoms with Crippen LogP contribution in [0.3, 0.4) is 0 Å². The first kappa shape index (κ1) is 17.0. The number of amides is 1. The van der Waals surface area contributed by atoms with Crippen LogP contribution < -0.4 is 5.32 Å². The molecule has 3 atom stereocenters. The van der Waals surface area contributed by atoms with Crippen molar-refractivity contribution in [3.63, 3.8) is 0 Å². The van der Waals surface area contributed by atoms with Gasteiger partial charge in [0.25, 0.3) is 5.91 Å². The van der Waals surface area contributed by atoms with Gasteiger partial charge in [0.15, 0.2) is 9.84 Å². The second-order valence-corrected chi connectivity index (χ2v) is 9.32. The van der Waals surface area contributed by atoms with Gasteiger partial charge in [-0.15, -0.1) is 0 Å². The van der Waals surface area contributed by atoms with Gasteiger partial charge < -0.3 is 5.32 Å². The average Bonchev–Trinajstić information content (AvgIpc) is 3.08. The maximum Gasteiger partial charge on any atom is 0.251 e. The highest BCUT2D eigenvalue weighted by molar-refractivity contribution is 7.90. The van der Waals surface area contributed by atoms with Crippen LogP contribution in [0.2, 0.25) is 0 Å². The zero-order valence-electron chi connectivity index (χ0n) is 14.2. The lowest BCUT2D eigenvalue weighted by Gasteiger charge is -2.14. The standard InChI is InChI=1S/C19H23NO3S/c1-19(2)16(13-7-5-4-6-8-13)17(19)20-18(21)14-9-11-15(12-10-14)24(3,22)23/h4-7,9-13,16-17H,8H2,1-3H3,(H,20,21)/t13?,16-,17-/m0/s1. The van der Waals surface area contributed by atoms with Gasteiger partial charge in [-0.25, -0.2) is 8.42 Å². The fourth-order valence-corrected chi connectivity index (χ4v) is 4.33. The first-order valence-electron chi connectivity index (χ1n) is 8.15. The SMILES string of the molecule is CC1(C)[C@@H](NC(=O)c2ccc(S(C)(=O)=O)cc2)[C@@H]1C1C=CC=CC1. The summed E-state index contributed by atoms with van der Waals surface area (Å²) in [7, 11) is -3.24. The molecule has 1 N–H and O–H groups in total. The molecule has 24 heavy (non-hydrogen) atoms. The Balaban J connectivity index is 1.69. The Morgan fingerprint density at radius 3 is 2.38 bits per heavy atom. The maximum absolute atomic E-state index is 12.5. The van der Waals surface area contributed by atoms with E-state index in [0.29, 0.717) is 17.4 Å². The monoisotopic (exact) mass is 345 g/mol. The minimum atomic E-state index is -3.24. The largest absolute Gasteiger partial charge is 0.348 e. The van der Waals surface area contributed by atoms with Crippen LogP contribution >= 0.6 is 0 Å². The molecule has 1 aromatic carbocycles. The number of allylic oxidation sites excluding steroid dienone is 4. The van der Waals surface area contributed by atoms with Crippen LogP contribution in [-0.4, -0.2) is 26.6 Å². The Bertz CT molecular complexity index is 804. The van der Waals surface area contributed by atoms with Gasteiger partial charge in [0.2, 0.25) is 0 Å². The number of carbonyl (C=O) groups excluding carboxylic acids is 1. The number of hydrogen-bond donors (Lipinski definition) is 1. The molecule has 0 saturated heterocycles. The molecule has 2 aliphatic rings. The van der Waals surface area contributed by atoms with Crippen molar-refractivity contribution in [3.05, 3.63) is 54.1 Å². The van der Waals surface area contributed by atoms with E-state index < -0.39 is 9.84 Å². The summed E-state index contributed by atoms with van der Waals surface area (Å²) in [5.41, 5.74) is 0.561. The quantitative estimate of drug-likeness (QED) is 0.912. The lowest BCUT2D eigenvalue weighted by atomic mass is 9.91. The summed E-state index contributed by atoms with van der Waals surface area (Å²) in [5, 5.41) is 3.12. The number of rotatable bonds is 4.